The smallest absolute Gasteiger partial charge is 0.318 e. The van der Waals surface area contributed by atoms with Crippen LogP contribution in [0.1, 0.15) is 27.2 Å². The number of thiol groups is 1. The third-order valence-electron chi connectivity index (χ3n) is 3.97. The first kappa shape index (κ1) is 19.5. The van der Waals surface area contributed by atoms with E-state index in [4.69, 9.17) is 0 Å². The molecule has 4 unspecified atom stereocenters. The number of hydrogen-bond donors (Lipinski definition) is 3. The fourth-order valence-corrected chi connectivity index (χ4v) is 2.99. The summed E-state index contributed by atoms with van der Waals surface area (Å²) in [6.45, 7) is 5.47. The number of hydrogen-bond acceptors (Lipinski definition) is 6. The Balaban J connectivity index is 3.06. The van der Waals surface area contributed by atoms with Crippen LogP contribution < -0.4 is 5.32 Å². The van der Waals surface area contributed by atoms with E-state index in [1.165, 1.54) is 6.92 Å². The highest BCUT2D eigenvalue weighted by Crippen LogP contribution is 2.38. The van der Waals surface area contributed by atoms with E-state index in [-0.39, 0.29) is 5.92 Å². The molecule has 7 nitrogen and oxygen atoms in total. The van der Waals surface area contributed by atoms with Crippen LogP contribution in [-0.4, -0.2) is 41.2 Å². The van der Waals surface area contributed by atoms with Gasteiger partial charge in [-0.1, -0.05) is 20.8 Å². The Labute approximate surface area is 140 Å². The van der Waals surface area contributed by atoms with E-state index in [9.17, 15) is 24.3 Å². The average Bonchev–Trinajstić information content (AvgIpc) is 2.71. The second-order valence-corrected chi connectivity index (χ2v) is 6.62. The first-order valence-electron chi connectivity index (χ1n) is 7.57. The van der Waals surface area contributed by atoms with Gasteiger partial charge >= 0.3 is 17.9 Å². The van der Waals surface area contributed by atoms with Crippen LogP contribution in [0.3, 0.4) is 0 Å². The normalized spacial score (nSPS) is 23.5. The third kappa shape index (κ3) is 4.70. The molecule has 1 saturated heterocycles. The summed E-state index contributed by atoms with van der Waals surface area (Å²) < 4.78 is 4.64. The Hall–Kier alpha value is -1.57. The van der Waals surface area contributed by atoms with E-state index >= 15 is 0 Å². The van der Waals surface area contributed by atoms with Crippen LogP contribution in [0, 0.1) is 29.6 Å². The van der Waals surface area contributed by atoms with Gasteiger partial charge in [0.05, 0.1) is 17.8 Å². The van der Waals surface area contributed by atoms with Crippen molar-refractivity contribution in [1.29, 1.82) is 0 Å². The molecule has 1 amide bonds. The quantitative estimate of drug-likeness (QED) is 0.340. The molecule has 1 fully saturated rings. The fourth-order valence-electron chi connectivity index (χ4n) is 2.88. The van der Waals surface area contributed by atoms with Crippen molar-refractivity contribution in [2.24, 2.45) is 29.6 Å². The maximum absolute atomic E-state index is 12.1. The Morgan fingerprint density at radius 2 is 1.87 bits per heavy atom. The lowest BCUT2D eigenvalue weighted by Gasteiger charge is -2.26. The van der Waals surface area contributed by atoms with Crippen molar-refractivity contribution in [3.63, 3.8) is 0 Å². The zero-order valence-corrected chi connectivity index (χ0v) is 14.3. The zero-order chi connectivity index (χ0) is 17.7. The predicted molar refractivity (Wildman–Crippen MR) is 84.7 cm³/mol. The van der Waals surface area contributed by atoms with Crippen LogP contribution in [0.2, 0.25) is 0 Å². The van der Waals surface area contributed by atoms with Gasteiger partial charge in [-0.3, -0.25) is 19.2 Å². The average molecular weight is 345 g/mol. The molecule has 0 aromatic heterocycles. The van der Waals surface area contributed by atoms with Gasteiger partial charge < -0.3 is 15.2 Å². The van der Waals surface area contributed by atoms with E-state index in [0.29, 0.717) is 18.7 Å². The minimum Gasteiger partial charge on any atom is -0.481 e. The van der Waals surface area contributed by atoms with Crippen molar-refractivity contribution in [2.75, 3.05) is 12.3 Å². The highest BCUT2D eigenvalue weighted by Gasteiger charge is 2.53. The molecule has 0 radical (unpaired) electrons. The van der Waals surface area contributed by atoms with Crippen molar-refractivity contribution in [3.05, 3.63) is 0 Å². The van der Waals surface area contributed by atoms with Crippen LogP contribution >= 0.6 is 12.6 Å². The number of ether oxygens (including phenoxy) is 1. The number of nitrogens with one attached hydrogen (secondary N) is 1. The molecule has 0 aromatic rings. The van der Waals surface area contributed by atoms with Crippen molar-refractivity contribution in [1.82, 2.24) is 5.32 Å². The van der Waals surface area contributed by atoms with Gasteiger partial charge in [-0.15, -0.1) is 0 Å². The van der Waals surface area contributed by atoms with E-state index in [1.807, 2.05) is 13.8 Å². The Morgan fingerprint density at radius 3 is 2.35 bits per heavy atom. The number of carbonyl (C=O) groups is 4. The molecule has 23 heavy (non-hydrogen) atoms. The van der Waals surface area contributed by atoms with E-state index < -0.39 is 47.5 Å². The molecule has 0 bridgehead atoms. The van der Waals surface area contributed by atoms with E-state index in [1.54, 1.807) is 0 Å². The standard InChI is InChI=1S/C15H23NO6S/c1-7(2)6-9-11(15(21)22-14(9)20)10(13(18)19)8(3)12(17)16-4-5-23/h7-11,23H,4-6H2,1-3H3,(H,16,17)(H,18,19). The third-order valence-corrected chi connectivity index (χ3v) is 4.19. The topological polar surface area (TPSA) is 110 Å². The molecular weight excluding hydrogens is 322 g/mol. The molecule has 8 heteroatoms. The van der Waals surface area contributed by atoms with Crippen molar-refractivity contribution in [3.8, 4) is 0 Å². The molecule has 0 aliphatic carbocycles. The summed E-state index contributed by atoms with van der Waals surface area (Å²) in [6, 6.07) is 0. The summed E-state index contributed by atoms with van der Waals surface area (Å²) in [5.41, 5.74) is 0. The van der Waals surface area contributed by atoms with Gasteiger partial charge in [0, 0.05) is 18.2 Å². The number of esters is 2. The van der Waals surface area contributed by atoms with Crippen molar-refractivity contribution < 1.29 is 29.0 Å². The van der Waals surface area contributed by atoms with Crippen LogP contribution in [-0.2, 0) is 23.9 Å². The summed E-state index contributed by atoms with van der Waals surface area (Å²) in [4.78, 5) is 47.6. The molecular formula is C15H23NO6S. The predicted octanol–water partition coefficient (Wildman–Crippen LogP) is 0.731. The number of carboxylic acids is 1. The number of cyclic esters (lactones) is 2. The lowest BCUT2D eigenvalue weighted by atomic mass is 9.74. The number of aliphatic carboxylic acids is 1. The fraction of sp³-hybridized carbons (Fsp3) is 0.733. The number of amides is 1. The van der Waals surface area contributed by atoms with Gasteiger partial charge in [0.25, 0.3) is 0 Å². The molecule has 0 saturated carbocycles. The summed E-state index contributed by atoms with van der Waals surface area (Å²) in [5, 5.41) is 12.1. The summed E-state index contributed by atoms with van der Waals surface area (Å²) >= 11 is 3.97. The number of carboxylic acid groups (broad SMARTS) is 1. The molecule has 0 spiro atoms. The SMILES string of the molecule is CC(C)CC1C(=O)OC(=O)C1C(C(=O)O)C(C)C(=O)NCCS. The molecule has 4 atom stereocenters. The highest BCUT2D eigenvalue weighted by molar-refractivity contribution is 7.80. The Morgan fingerprint density at radius 1 is 1.26 bits per heavy atom. The minimum absolute atomic E-state index is 0.0868. The van der Waals surface area contributed by atoms with Crippen LogP contribution in [0.15, 0.2) is 0 Å². The molecule has 1 rings (SSSR count). The van der Waals surface area contributed by atoms with Crippen molar-refractivity contribution in [2.45, 2.75) is 27.2 Å². The molecule has 1 aliphatic heterocycles. The maximum Gasteiger partial charge on any atom is 0.318 e. The summed E-state index contributed by atoms with van der Waals surface area (Å²) in [6.07, 6.45) is 0.337. The lowest BCUT2D eigenvalue weighted by molar-refractivity contribution is -0.158. The van der Waals surface area contributed by atoms with Gasteiger partial charge in [0.15, 0.2) is 0 Å². The Bertz CT molecular complexity index is 492. The van der Waals surface area contributed by atoms with Crippen LogP contribution in [0.4, 0.5) is 0 Å². The second-order valence-electron chi connectivity index (χ2n) is 6.17. The zero-order valence-electron chi connectivity index (χ0n) is 13.4. The van der Waals surface area contributed by atoms with Gasteiger partial charge in [0.1, 0.15) is 0 Å². The maximum atomic E-state index is 12.1. The molecule has 1 aliphatic rings. The molecule has 1 heterocycles. The van der Waals surface area contributed by atoms with E-state index in [0.717, 1.165) is 0 Å². The van der Waals surface area contributed by atoms with Crippen molar-refractivity contribution >= 4 is 36.4 Å². The number of carbonyl (C=O) groups excluding carboxylic acids is 3. The molecule has 130 valence electrons. The monoisotopic (exact) mass is 345 g/mol. The van der Waals surface area contributed by atoms with Gasteiger partial charge in [-0.25, -0.2) is 0 Å². The van der Waals surface area contributed by atoms with Crippen LogP contribution in [0.25, 0.3) is 0 Å². The summed E-state index contributed by atoms with van der Waals surface area (Å²) in [7, 11) is 0. The van der Waals surface area contributed by atoms with Gasteiger partial charge in [-0.2, -0.15) is 12.6 Å². The lowest BCUT2D eigenvalue weighted by Crippen LogP contribution is -2.43. The first-order chi connectivity index (χ1) is 10.7. The molecule has 0 aromatic carbocycles. The summed E-state index contributed by atoms with van der Waals surface area (Å²) in [5.74, 6) is -7.08. The first-order valence-corrected chi connectivity index (χ1v) is 8.20. The highest BCUT2D eigenvalue weighted by atomic mass is 32.1. The molecule has 2 N–H and O–H groups in total. The largest absolute Gasteiger partial charge is 0.481 e. The second kappa shape index (κ2) is 8.33. The van der Waals surface area contributed by atoms with Crippen LogP contribution in [0.5, 0.6) is 0 Å². The van der Waals surface area contributed by atoms with Gasteiger partial charge in [0.2, 0.25) is 5.91 Å². The Kier molecular flexibility index (Phi) is 7.05. The van der Waals surface area contributed by atoms with Gasteiger partial charge in [-0.05, 0) is 12.3 Å². The van der Waals surface area contributed by atoms with E-state index in [2.05, 4.69) is 22.7 Å². The minimum atomic E-state index is -1.31. The number of rotatable bonds is 8.